The van der Waals surface area contributed by atoms with Crippen LogP contribution in [0.4, 0.5) is 0 Å². The maximum Gasteiger partial charge on any atom is 0.257 e. The maximum atomic E-state index is 12.5. The Kier molecular flexibility index (Phi) is 4.35. The Hall–Kier alpha value is -1.65. The van der Waals surface area contributed by atoms with Crippen LogP contribution in [0.25, 0.3) is 0 Å². The zero-order chi connectivity index (χ0) is 13.8. The Morgan fingerprint density at radius 2 is 2.16 bits per heavy atom. The molecule has 1 saturated heterocycles. The van der Waals surface area contributed by atoms with Crippen molar-refractivity contribution in [3.05, 3.63) is 18.0 Å². The maximum absolute atomic E-state index is 12.5. The van der Waals surface area contributed by atoms with Crippen molar-refractivity contribution in [3.8, 4) is 0 Å². The quantitative estimate of drug-likeness (QED) is 0.835. The average molecular weight is 263 g/mol. The van der Waals surface area contributed by atoms with Gasteiger partial charge < -0.3 is 4.90 Å². The van der Waals surface area contributed by atoms with Crippen molar-refractivity contribution in [2.75, 3.05) is 6.54 Å². The first-order valence-corrected chi connectivity index (χ1v) is 6.87. The number of aryl methyl sites for hydroxylation is 1. The molecule has 0 N–H and O–H groups in total. The minimum Gasteiger partial charge on any atom is -0.335 e. The Balaban J connectivity index is 2.17. The number of aromatic nitrogens is 2. The van der Waals surface area contributed by atoms with E-state index in [9.17, 15) is 9.59 Å². The van der Waals surface area contributed by atoms with E-state index in [4.69, 9.17) is 0 Å². The van der Waals surface area contributed by atoms with Crippen LogP contribution in [0, 0.1) is 0 Å². The lowest BCUT2D eigenvalue weighted by atomic mass is 10.0. The fraction of sp³-hybridized carbons (Fsp3) is 0.643. The van der Waals surface area contributed by atoms with Crippen LogP contribution in [0.5, 0.6) is 0 Å². The molecule has 0 saturated carbocycles. The van der Waals surface area contributed by atoms with Gasteiger partial charge in [-0.2, -0.15) is 5.10 Å². The molecule has 0 aromatic carbocycles. The summed E-state index contributed by atoms with van der Waals surface area (Å²) in [4.78, 5) is 25.8. The number of ketones is 1. The number of rotatable bonds is 3. The summed E-state index contributed by atoms with van der Waals surface area (Å²) in [6.45, 7) is 2.34. The van der Waals surface area contributed by atoms with Crippen molar-refractivity contribution in [2.24, 2.45) is 7.05 Å². The zero-order valence-corrected chi connectivity index (χ0v) is 11.6. The predicted octanol–water partition coefficient (Wildman–Crippen LogP) is 1.78. The third-order valence-electron chi connectivity index (χ3n) is 3.61. The summed E-state index contributed by atoms with van der Waals surface area (Å²) in [5, 5.41) is 4.04. The number of amides is 1. The van der Waals surface area contributed by atoms with Gasteiger partial charge >= 0.3 is 0 Å². The van der Waals surface area contributed by atoms with Gasteiger partial charge in [-0.05, 0) is 19.8 Å². The van der Waals surface area contributed by atoms with Gasteiger partial charge in [0.2, 0.25) is 0 Å². The molecule has 2 heterocycles. The molecule has 1 atom stereocenters. The van der Waals surface area contributed by atoms with Gasteiger partial charge in [0.1, 0.15) is 5.78 Å². The molecule has 1 aliphatic heterocycles. The van der Waals surface area contributed by atoms with E-state index in [1.165, 1.54) is 0 Å². The summed E-state index contributed by atoms with van der Waals surface area (Å²) in [5.74, 6) is 0.150. The molecule has 1 amide bonds. The summed E-state index contributed by atoms with van der Waals surface area (Å²) in [5.41, 5.74) is 0.609. The minimum absolute atomic E-state index is 0.00116. The van der Waals surface area contributed by atoms with E-state index in [-0.39, 0.29) is 17.7 Å². The van der Waals surface area contributed by atoms with E-state index in [2.05, 4.69) is 5.10 Å². The van der Waals surface area contributed by atoms with Crippen LogP contribution in [0.15, 0.2) is 12.4 Å². The van der Waals surface area contributed by atoms with Crippen LogP contribution < -0.4 is 0 Å². The van der Waals surface area contributed by atoms with Crippen LogP contribution in [-0.4, -0.2) is 39.0 Å². The summed E-state index contributed by atoms with van der Waals surface area (Å²) in [6.07, 6.45) is 7.95. The Labute approximate surface area is 113 Å². The Morgan fingerprint density at radius 3 is 2.79 bits per heavy atom. The molecule has 1 aromatic rings. The summed E-state index contributed by atoms with van der Waals surface area (Å²) < 4.78 is 1.63. The van der Waals surface area contributed by atoms with E-state index in [1.807, 2.05) is 4.90 Å². The highest BCUT2D eigenvalue weighted by molar-refractivity contribution is 5.94. The topological polar surface area (TPSA) is 55.2 Å². The smallest absolute Gasteiger partial charge is 0.257 e. The lowest BCUT2D eigenvalue weighted by Crippen LogP contribution is -2.40. The van der Waals surface area contributed by atoms with Crippen molar-refractivity contribution in [1.82, 2.24) is 14.7 Å². The van der Waals surface area contributed by atoms with Gasteiger partial charge in [-0.15, -0.1) is 0 Å². The third kappa shape index (κ3) is 3.43. The Bertz CT molecular complexity index is 467. The number of hydrogen-bond donors (Lipinski definition) is 0. The second kappa shape index (κ2) is 5.99. The SMILES string of the molecule is CC(=O)CC1CCCCCN1C(=O)c1cnn(C)c1. The first kappa shape index (κ1) is 13.8. The van der Waals surface area contributed by atoms with Gasteiger partial charge in [0.25, 0.3) is 5.91 Å². The molecule has 0 aliphatic carbocycles. The van der Waals surface area contributed by atoms with Crippen molar-refractivity contribution in [2.45, 2.75) is 45.1 Å². The standard InChI is InChI=1S/C14H21N3O2/c1-11(18)8-13-6-4-3-5-7-17(13)14(19)12-9-15-16(2)10-12/h9-10,13H,3-8H2,1-2H3. The number of carbonyl (C=O) groups excluding carboxylic acids is 2. The summed E-state index contributed by atoms with van der Waals surface area (Å²) >= 11 is 0. The molecule has 1 fully saturated rings. The van der Waals surface area contributed by atoms with Crippen molar-refractivity contribution < 1.29 is 9.59 Å². The van der Waals surface area contributed by atoms with Gasteiger partial charge in [0.05, 0.1) is 11.8 Å². The van der Waals surface area contributed by atoms with Crippen molar-refractivity contribution >= 4 is 11.7 Å². The van der Waals surface area contributed by atoms with Gasteiger partial charge in [-0.3, -0.25) is 14.3 Å². The highest BCUT2D eigenvalue weighted by Crippen LogP contribution is 2.21. The van der Waals surface area contributed by atoms with Crippen molar-refractivity contribution in [1.29, 1.82) is 0 Å². The van der Waals surface area contributed by atoms with E-state index in [0.717, 1.165) is 32.2 Å². The van der Waals surface area contributed by atoms with Crippen LogP contribution >= 0.6 is 0 Å². The molecule has 1 aliphatic rings. The molecule has 104 valence electrons. The first-order chi connectivity index (χ1) is 9.08. The van der Waals surface area contributed by atoms with E-state index >= 15 is 0 Å². The normalized spacial score (nSPS) is 20.1. The molecule has 0 spiro atoms. The molecule has 0 radical (unpaired) electrons. The van der Waals surface area contributed by atoms with Crippen LogP contribution in [-0.2, 0) is 11.8 Å². The molecular formula is C14H21N3O2. The second-order valence-electron chi connectivity index (χ2n) is 5.31. The molecule has 5 nitrogen and oxygen atoms in total. The third-order valence-corrected chi connectivity index (χ3v) is 3.61. The second-order valence-corrected chi connectivity index (χ2v) is 5.31. The number of carbonyl (C=O) groups is 2. The highest BCUT2D eigenvalue weighted by Gasteiger charge is 2.27. The molecular weight excluding hydrogens is 242 g/mol. The van der Waals surface area contributed by atoms with E-state index < -0.39 is 0 Å². The summed E-state index contributed by atoms with van der Waals surface area (Å²) in [7, 11) is 1.80. The number of Topliss-reactive ketones (excluding diaryl/α,β-unsaturated/α-hetero) is 1. The molecule has 1 aromatic heterocycles. The van der Waals surface area contributed by atoms with Gasteiger partial charge in [0, 0.05) is 32.3 Å². The monoisotopic (exact) mass is 263 g/mol. The van der Waals surface area contributed by atoms with E-state index in [1.54, 1.807) is 31.0 Å². The minimum atomic E-state index is 0.00116. The first-order valence-electron chi connectivity index (χ1n) is 6.87. The van der Waals surface area contributed by atoms with Crippen LogP contribution in [0.1, 0.15) is 49.4 Å². The average Bonchev–Trinajstić information content (AvgIpc) is 2.65. The van der Waals surface area contributed by atoms with Crippen LogP contribution in [0.2, 0.25) is 0 Å². The lowest BCUT2D eigenvalue weighted by Gasteiger charge is -2.29. The number of hydrogen-bond acceptors (Lipinski definition) is 3. The number of likely N-dealkylation sites (tertiary alicyclic amines) is 1. The fourth-order valence-corrected chi connectivity index (χ4v) is 2.69. The fourth-order valence-electron chi connectivity index (χ4n) is 2.69. The highest BCUT2D eigenvalue weighted by atomic mass is 16.2. The predicted molar refractivity (Wildman–Crippen MR) is 71.8 cm³/mol. The van der Waals surface area contributed by atoms with Gasteiger partial charge in [-0.25, -0.2) is 0 Å². The van der Waals surface area contributed by atoms with Gasteiger partial charge in [0.15, 0.2) is 0 Å². The molecule has 19 heavy (non-hydrogen) atoms. The zero-order valence-electron chi connectivity index (χ0n) is 11.6. The molecule has 0 bridgehead atoms. The van der Waals surface area contributed by atoms with Crippen LogP contribution in [0.3, 0.4) is 0 Å². The molecule has 1 unspecified atom stereocenters. The molecule has 5 heteroatoms. The largest absolute Gasteiger partial charge is 0.335 e. The lowest BCUT2D eigenvalue weighted by molar-refractivity contribution is -0.118. The summed E-state index contributed by atoms with van der Waals surface area (Å²) in [6, 6.07) is 0.0488. The van der Waals surface area contributed by atoms with Gasteiger partial charge in [-0.1, -0.05) is 12.8 Å². The van der Waals surface area contributed by atoms with Crippen molar-refractivity contribution in [3.63, 3.8) is 0 Å². The van der Waals surface area contributed by atoms with E-state index in [0.29, 0.717) is 12.0 Å². The number of nitrogens with zero attached hydrogens (tertiary/aromatic N) is 3. The molecule has 2 rings (SSSR count). The Morgan fingerprint density at radius 1 is 1.37 bits per heavy atom.